The van der Waals surface area contributed by atoms with E-state index in [1.54, 1.807) is 6.07 Å². The van der Waals surface area contributed by atoms with Gasteiger partial charge in [-0.25, -0.2) is 4.39 Å². The smallest absolute Gasteiger partial charge is 0.149 e. The summed E-state index contributed by atoms with van der Waals surface area (Å²) in [6.07, 6.45) is 0. The molecule has 0 spiro atoms. The molecule has 2 aromatic rings. The number of benzene rings is 2. The maximum atomic E-state index is 13.4. The van der Waals surface area contributed by atoms with Crippen molar-refractivity contribution in [1.82, 2.24) is 5.32 Å². The lowest BCUT2D eigenvalue weighted by Crippen LogP contribution is -2.14. The Kier molecular flexibility index (Phi) is 5.36. The van der Waals surface area contributed by atoms with Crippen LogP contribution in [0.15, 0.2) is 48.5 Å². The average Bonchev–Trinajstić information content (AvgIpc) is 2.52. The molecule has 0 radical (unpaired) electrons. The highest BCUT2D eigenvalue weighted by Gasteiger charge is 2.10. The predicted octanol–water partition coefficient (Wildman–Crippen LogP) is 3.54. The Morgan fingerprint density at radius 1 is 1.19 bits per heavy atom. The molecule has 0 aliphatic carbocycles. The molecule has 108 valence electrons. The minimum Gasteiger partial charge on any atom is -0.480 e. The topological polar surface area (TPSA) is 21.3 Å². The minimum absolute atomic E-state index is 0.0858. The normalized spacial score (nSPS) is 11.4. The molecular weight excluding hydrogens is 265 g/mol. The molecule has 1 atom stereocenters. The third-order valence-corrected chi connectivity index (χ3v) is 3.18. The average molecular weight is 283 g/mol. The van der Waals surface area contributed by atoms with Crippen LogP contribution in [0.2, 0.25) is 0 Å². The SMILES string of the molecule is CNC(C)c1ccc(F)cc1OCC#Cc1ccccc1. The lowest BCUT2D eigenvalue weighted by Gasteiger charge is -2.15. The van der Waals surface area contributed by atoms with Gasteiger partial charge in [0.05, 0.1) is 0 Å². The van der Waals surface area contributed by atoms with Crippen LogP contribution in [-0.2, 0) is 0 Å². The van der Waals surface area contributed by atoms with Gasteiger partial charge in [-0.15, -0.1) is 0 Å². The number of rotatable bonds is 4. The second kappa shape index (κ2) is 7.47. The van der Waals surface area contributed by atoms with Gasteiger partial charge in [-0.2, -0.15) is 0 Å². The first-order chi connectivity index (χ1) is 10.2. The fourth-order valence-corrected chi connectivity index (χ4v) is 1.92. The molecule has 0 saturated carbocycles. The van der Waals surface area contributed by atoms with Crippen LogP contribution in [0.5, 0.6) is 5.75 Å². The summed E-state index contributed by atoms with van der Waals surface area (Å²) in [6.45, 7) is 2.22. The van der Waals surface area contributed by atoms with E-state index in [-0.39, 0.29) is 18.5 Å². The van der Waals surface area contributed by atoms with Gasteiger partial charge in [-0.05, 0) is 32.2 Å². The van der Waals surface area contributed by atoms with E-state index >= 15 is 0 Å². The minimum atomic E-state index is -0.312. The van der Waals surface area contributed by atoms with Crippen LogP contribution in [0, 0.1) is 17.7 Å². The first kappa shape index (κ1) is 15.1. The third-order valence-electron chi connectivity index (χ3n) is 3.18. The van der Waals surface area contributed by atoms with Crippen molar-refractivity contribution in [2.24, 2.45) is 0 Å². The number of ether oxygens (including phenoxy) is 1. The van der Waals surface area contributed by atoms with Gasteiger partial charge < -0.3 is 10.1 Å². The summed E-state index contributed by atoms with van der Waals surface area (Å²) < 4.78 is 19.0. The molecule has 1 N–H and O–H groups in total. The summed E-state index contributed by atoms with van der Waals surface area (Å²) in [6, 6.07) is 14.3. The van der Waals surface area contributed by atoms with E-state index in [4.69, 9.17) is 4.74 Å². The highest BCUT2D eigenvalue weighted by atomic mass is 19.1. The highest BCUT2D eigenvalue weighted by molar-refractivity contribution is 5.37. The molecule has 21 heavy (non-hydrogen) atoms. The van der Waals surface area contributed by atoms with Gasteiger partial charge in [-0.3, -0.25) is 0 Å². The van der Waals surface area contributed by atoms with Crippen molar-refractivity contribution in [1.29, 1.82) is 0 Å². The molecule has 0 bridgehead atoms. The summed E-state index contributed by atoms with van der Waals surface area (Å²) in [5, 5.41) is 3.12. The quantitative estimate of drug-likeness (QED) is 0.867. The maximum absolute atomic E-state index is 13.4. The van der Waals surface area contributed by atoms with Crippen LogP contribution in [-0.4, -0.2) is 13.7 Å². The standard InChI is InChI=1S/C18H18FNO/c1-14(20-2)17-11-10-16(19)13-18(17)21-12-6-9-15-7-4-3-5-8-15/h3-5,7-8,10-11,13-14,20H,12H2,1-2H3. The van der Waals surface area contributed by atoms with Gasteiger partial charge in [0.2, 0.25) is 0 Å². The largest absolute Gasteiger partial charge is 0.480 e. The van der Waals surface area contributed by atoms with Crippen LogP contribution in [0.25, 0.3) is 0 Å². The zero-order chi connectivity index (χ0) is 15.1. The zero-order valence-electron chi connectivity index (χ0n) is 12.2. The third kappa shape index (κ3) is 4.34. The van der Waals surface area contributed by atoms with Crippen molar-refractivity contribution in [3.8, 4) is 17.6 Å². The molecule has 0 saturated heterocycles. The van der Waals surface area contributed by atoms with E-state index in [1.807, 2.05) is 44.3 Å². The van der Waals surface area contributed by atoms with Crippen LogP contribution >= 0.6 is 0 Å². The molecule has 0 heterocycles. The molecule has 1 unspecified atom stereocenters. The Morgan fingerprint density at radius 3 is 2.67 bits per heavy atom. The first-order valence-electron chi connectivity index (χ1n) is 6.84. The maximum Gasteiger partial charge on any atom is 0.149 e. The van der Waals surface area contributed by atoms with Gasteiger partial charge in [0, 0.05) is 23.2 Å². The van der Waals surface area contributed by atoms with E-state index in [2.05, 4.69) is 17.2 Å². The molecule has 3 heteroatoms. The molecule has 2 nitrogen and oxygen atoms in total. The van der Waals surface area contributed by atoms with Crippen molar-refractivity contribution in [2.75, 3.05) is 13.7 Å². The fourth-order valence-electron chi connectivity index (χ4n) is 1.92. The Morgan fingerprint density at radius 2 is 1.95 bits per heavy atom. The highest BCUT2D eigenvalue weighted by Crippen LogP contribution is 2.25. The molecular formula is C18H18FNO. The van der Waals surface area contributed by atoms with Crippen LogP contribution < -0.4 is 10.1 Å². The fraction of sp³-hybridized carbons (Fsp3) is 0.222. The first-order valence-corrected chi connectivity index (χ1v) is 6.84. The van der Waals surface area contributed by atoms with E-state index in [0.717, 1.165) is 11.1 Å². The predicted molar refractivity (Wildman–Crippen MR) is 82.7 cm³/mol. The van der Waals surface area contributed by atoms with Crippen molar-refractivity contribution < 1.29 is 9.13 Å². The number of hydrogen-bond donors (Lipinski definition) is 1. The second-order valence-electron chi connectivity index (χ2n) is 4.65. The summed E-state index contributed by atoms with van der Waals surface area (Å²) in [5.41, 5.74) is 1.85. The number of hydrogen-bond acceptors (Lipinski definition) is 2. The lowest BCUT2D eigenvalue weighted by molar-refractivity contribution is 0.359. The van der Waals surface area contributed by atoms with Gasteiger partial charge in [0.1, 0.15) is 18.2 Å². The van der Waals surface area contributed by atoms with E-state index < -0.39 is 0 Å². The Hall–Kier alpha value is -2.31. The number of nitrogens with one attached hydrogen (secondary N) is 1. The van der Waals surface area contributed by atoms with Crippen molar-refractivity contribution in [3.05, 3.63) is 65.5 Å². The molecule has 0 amide bonds. The van der Waals surface area contributed by atoms with Crippen LogP contribution in [0.3, 0.4) is 0 Å². The number of halogens is 1. The summed E-state index contributed by atoms with van der Waals surface area (Å²) >= 11 is 0. The van der Waals surface area contributed by atoms with Crippen molar-refractivity contribution in [3.63, 3.8) is 0 Å². The summed E-state index contributed by atoms with van der Waals surface area (Å²) in [7, 11) is 1.85. The Labute approximate surface area is 125 Å². The van der Waals surface area contributed by atoms with Gasteiger partial charge in [0.15, 0.2) is 0 Å². The van der Waals surface area contributed by atoms with E-state index in [9.17, 15) is 4.39 Å². The summed E-state index contributed by atoms with van der Waals surface area (Å²) in [5.74, 6) is 6.16. The van der Waals surface area contributed by atoms with Crippen LogP contribution in [0.4, 0.5) is 4.39 Å². The second-order valence-corrected chi connectivity index (χ2v) is 4.65. The zero-order valence-corrected chi connectivity index (χ0v) is 12.2. The molecule has 0 aliphatic rings. The van der Waals surface area contributed by atoms with Gasteiger partial charge in [0.25, 0.3) is 0 Å². The molecule has 0 aliphatic heterocycles. The van der Waals surface area contributed by atoms with Gasteiger partial charge in [-0.1, -0.05) is 36.1 Å². The molecule has 2 aromatic carbocycles. The van der Waals surface area contributed by atoms with Gasteiger partial charge >= 0.3 is 0 Å². The monoisotopic (exact) mass is 283 g/mol. The van der Waals surface area contributed by atoms with Crippen LogP contribution in [0.1, 0.15) is 24.1 Å². The van der Waals surface area contributed by atoms with E-state index in [1.165, 1.54) is 12.1 Å². The van der Waals surface area contributed by atoms with E-state index in [0.29, 0.717) is 5.75 Å². The molecule has 0 aromatic heterocycles. The Balaban J connectivity index is 2.06. The Bertz CT molecular complexity index is 643. The van der Waals surface area contributed by atoms with Crippen molar-refractivity contribution in [2.45, 2.75) is 13.0 Å². The van der Waals surface area contributed by atoms with Crippen molar-refractivity contribution >= 4 is 0 Å². The lowest BCUT2D eigenvalue weighted by atomic mass is 10.1. The molecule has 0 fully saturated rings. The summed E-state index contributed by atoms with van der Waals surface area (Å²) in [4.78, 5) is 0. The molecule has 2 rings (SSSR count).